The number of carbonyl (C=O) groups excluding carboxylic acids is 2. The van der Waals surface area contributed by atoms with Crippen LogP contribution in [0.3, 0.4) is 0 Å². The van der Waals surface area contributed by atoms with E-state index in [1.54, 1.807) is 26.0 Å². The molecule has 1 rings (SSSR count). The average Bonchev–Trinajstić information content (AvgIpc) is 2.80. The third-order valence-electron chi connectivity index (χ3n) is 5.63. The first kappa shape index (κ1) is 22.4. The standard InChI is InChI=1S/C19H31BO6/c1-10-12-15(20-25-17(5,6)18(7,11-2)26-20)19(8,16(22)23-9)13(3)24-14(4)21/h10,12-13H,1,11H2,2-9H3/b15-12-. The summed E-state index contributed by atoms with van der Waals surface area (Å²) in [5.74, 6) is -1.04. The molecule has 0 saturated carbocycles. The molecule has 0 amide bonds. The van der Waals surface area contributed by atoms with E-state index in [1.807, 2.05) is 27.7 Å². The van der Waals surface area contributed by atoms with Crippen molar-refractivity contribution in [1.82, 2.24) is 0 Å². The van der Waals surface area contributed by atoms with E-state index in [2.05, 4.69) is 6.58 Å². The summed E-state index contributed by atoms with van der Waals surface area (Å²) in [6, 6.07) is 0. The molecule has 0 N–H and O–H groups in total. The van der Waals surface area contributed by atoms with Crippen LogP contribution in [0.1, 0.15) is 54.9 Å². The number of allylic oxidation sites excluding steroid dienone is 2. The lowest BCUT2D eigenvalue weighted by Crippen LogP contribution is -2.48. The Morgan fingerprint density at radius 1 is 1.31 bits per heavy atom. The first-order chi connectivity index (χ1) is 11.9. The van der Waals surface area contributed by atoms with E-state index < -0.39 is 41.8 Å². The van der Waals surface area contributed by atoms with Crippen LogP contribution in [0.15, 0.2) is 24.2 Å². The molecule has 1 aliphatic rings. The van der Waals surface area contributed by atoms with Gasteiger partial charge in [-0.3, -0.25) is 9.59 Å². The van der Waals surface area contributed by atoms with Gasteiger partial charge < -0.3 is 18.8 Å². The van der Waals surface area contributed by atoms with E-state index in [-0.39, 0.29) is 0 Å². The van der Waals surface area contributed by atoms with E-state index in [0.29, 0.717) is 5.47 Å². The van der Waals surface area contributed by atoms with Crippen molar-refractivity contribution in [2.75, 3.05) is 7.11 Å². The third kappa shape index (κ3) is 3.88. The van der Waals surface area contributed by atoms with Gasteiger partial charge in [-0.05, 0) is 46.5 Å². The lowest BCUT2D eigenvalue weighted by atomic mass is 9.60. The lowest BCUT2D eigenvalue weighted by molar-refractivity contribution is -0.163. The molecular formula is C19H31BO6. The summed E-state index contributed by atoms with van der Waals surface area (Å²) >= 11 is 0. The van der Waals surface area contributed by atoms with Crippen LogP contribution in [0.5, 0.6) is 0 Å². The highest BCUT2D eigenvalue weighted by atomic mass is 16.7. The number of ether oxygens (including phenoxy) is 2. The van der Waals surface area contributed by atoms with Crippen LogP contribution in [0.4, 0.5) is 0 Å². The molecule has 6 nitrogen and oxygen atoms in total. The number of hydrogen-bond acceptors (Lipinski definition) is 6. The highest BCUT2D eigenvalue weighted by Gasteiger charge is 2.59. The second-order valence-electron chi connectivity index (χ2n) is 7.47. The van der Waals surface area contributed by atoms with Gasteiger partial charge in [0, 0.05) is 6.92 Å². The van der Waals surface area contributed by atoms with Gasteiger partial charge in [-0.15, -0.1) is 0 Å². The van der Waals surface area contributed by atoms with Gasteiger partial charge >= 0.3 is 19.1 Å². The Morgan fingerprint density at radius 3 is 2.27 bits per heavy atom. The fraction of sp³-hybridized carbons (Fsp3) is 0.684. The molecule has 7 heteroatoms. The second kappa shape index (κ2) is 7.97. The Bertz CT molecular complexity index is 599. The Kier molecular flexibility index (Phi) is 6.88. The molecule has 0 aromatic heterocycles. The molecule has 0 aromatic carbocycles. The fourth-order valence-electron chi connectivity index (χ4n) is 3.15. The normalized spacial score (nSPS) is 26.0. The Balaban J connectivity index is 3.44. The quantitative estimate of drug-likeness (QED) is 0.391. The van der Waals surface area contributed by atoms with Crippen LogP contribution in [0, 0.1) is 5.41 Å². The summed E-state index contributed by atoms with van der Waals surface area (Å²) in [6.07, 6.45) is 3.16. The van der Waals surface area contributed by atoms with Crippen molar-refractivity contribution in [2.45, 2.75) is 72.2 Å². The van der Waals surface area contributed by atoms with Crippen LogP contribution in [0.2, 0.25) is 0 Å². The van der Waals surface area contributed by atoms with Crippen LogP contribution in [0.25, 0.3) is 0 Å². The largest absolute Gasteiger partial charge is 0.491 e. The van der Waals surface area contributed by atoms with Gasteiger partial charge in [0.1, 0.15) is 11.5 Å². The number of hydrogen-bond donors (Lipinski definition) is 0. The number of rotatable bonds is 7. The lowest BCUT2D eigenvalue weighted by Gasteiger charge is -2.35. The van der Waals surface area contributed by atoms with Crippen molar-refractivity contribution < 1.29 is 28.4 Å². The molecule has 1 heterocycles. The maximum Gasteiger partial charge on any atom is 0.491 e. The minimum atomic E-state index is -1.30. The van der Waals surface area contributed by atoms with E-state index in [9.17, 15) is 9.59 Å². The fourth-order valence-corrected chi connectivity index (χ4v) is 3.15. The maximum absolute atomic E-state index is 12.7. The molecule has 1 aliphatic heterocycles. The van der Waals surface area contributed by atoms with Crippen molar-refractivity contribution in [3.63, 3.8) is 0 Å². The zero-order valence-corrected chi connectivity index (χ0v) is 17.2. The van der Waals surface area contributed by atoms with E-state index in [4.69, 9.17) is 18.8 Å². The highest BCUT2D eigenvalue weighted by Crippen LogP contribution is 2.46. The van der Waals surface area contributed by atoms with Crippen molar-refractivity contribution in [2.24, 2.45) is 5.41 Å². The summed E-state index contributed by atoms with van der Waals surface area (Å²) < 4.78 is 22.8. The van der Waals surface area contributed by atoms with Crippen LogP contribution < -0.4 is 0 Å². The molecule has 26 heavy (non-hydrogen) atoms. The first-order valence-corrected chi connectivity index (χ1v) is 8.84. The summed E-state index contributed by atoms with van der Waals surface area (Å²) in [4.78, 5) is 24.2. The van der Waals surface area contributed by atoms with Crippen LogP contribution in [-0.4, -0.2) is 43.5 Å². The summed E-state index contributed by atoms with van der Waals surface area (Å²) in [7, 11) is 0.498. The molecule has 1 saturated heterocycles. The minimum Gasteiger partial charge on any atom is -0.468 e. The smallest absolute Gasteiger partial charge is 0.468 e. The Labute approximate surface area is 157 Å². The van der Waals surface area contributed by atoms with Crippen LogP contribution in [-0.2, 0) is 28.4 Å². The average molecular weight is 366 g/mol. The van der Waals surface area contributed by atoms with E-state index >= 15 is 0 Å². The first-order valence-electron chi connectivity index (χ1n) is 8.84. The summed E-state index contributed by atoms with van der Waals surface area (Å²) in [5, 5.41) is 0. The molecule has 3 unspecified atom stereocenters. The van der Waals surface area contributed by atoms with Crippen molar-refractivity contribution in [3.05, 3.63) is 24.2 Å². The molecule has 0 aliphatic carbocycles. The van der Waals surface area contributed by atoms with E-state index in [0.717, 1.165) is 6.42 Å². The second-order valence-corrected chi connectivity index (χ2v) is 7.47. The Hall–Kier alpha value is -1.60. The van der Waals surface area contributed by atoms with Gasteiger partial charge in [-0.1, -0.05) is 25.7 Å². The SMILES string of the molecule is C=C/C=C(\B1OC(C)(C)C(C)(CC)O1)C(C)(C(=O)OC)C(C)OC(C)=O. The highest BCUT2D eigenvalue weighted by molar-refractivity contribution is 6.55. The zero-order chi connectivity index (χ0) is 20.3. The van der Waals surface area contributed by atoms with Gasteiger partial charge in [0.2, 0.25) is 0 Å². The molecule has 146 valence electrons. The van der Waals surface area contributed by atoms with E-state index in [1.165, 1.54) is 14.0 Å². The van der Waals surface area contributed by atoms with Gasteiger partial charge in [0.15, 0.2) is 0 Å². The summed E-state index contributed by atoms with van der Waals surface area (Å²) in [6.45, 7) is 16.2. The Morgan fingerprint density at radius 2 is 1.88 bits per heavy atom. The monoisotopic (exact) mass is 366 g/mol. The van der Waals surface area contributed by atoms with Crippen molar-refractivity contribution in [1.29, 1.82) is 0 Å². The molecule has 0 spiro atoms. The molecular weight excluding hydrogens is 335 g/mol. The van der Waals surface area contributed by atoms with Gasteiger partial charge in [0.25, 0.3) is 0 Å². The summed E-state index contributed by atoms with van der Waals surface area (Å²) in [5.41, 5.74) is -1.92. The molecule has 0 radical (unpaired) electrons. The van der Waals surface area contributed by atoms with Gasteiger partial charge in [-0.2, -0.15) is 0 Å². The molecule has 0 aromatic rings. The topological polar surface area (TPSA) is 71.1 Å². The predicted molar refractivity (Wildman–Crippen MR) is 100 cm³/mol. The number of carbonyl (C=O) groups is 2. The van der Waals surface area contributed by atoms with Crippen molar-refractivity contribution >= 4 is 19.1 Å². The zero-order valence-electron chi connectivity index (χ0n) is 17.2. The number of esters is 2. The molecule has 0 bridgehead atoms. The van der Waals surface area contributed by atoms with Gasteiger partial charge in [-0.25, -0.2) is 0 Å². The molecule has 1 fully saturated rings. The number of methoxy groups -OCH3 is 1. The van der Waals surface area contributed by atoms with Crippen LogP contribution >= 0.6 is 0 Å². The predicted octanol–water partition coefficient (Wildman–Crippen LogP) is 3.25. The van der Waals surface area contributed by atoms with Crippen molar-refractivity contribution in [3.8, 4) is 0 Å². The minimum absolute atomic E-state index is 0.488. The van der Waals surface area contributed by atoms with Gasteiger partial charge in [0.05, 0.1) is 18.3 Å². The third-order valence-corrected chi connectivity index (χ3v) is 5.63. The molecule has 3 atom stereocenters. The maximum atomic E-state index is 12.7.